The maximum atomic E-state index is 6.98. The second-order valence-corrected chi connectivity index (χ2v) is 25.0. The maximum absolute atomic E-state index is 6.98. The zero-order chi connectivity index (χ0) is 30.6. The average Bonchev–Trinajstić information content (AvgIpc) is 3.67. The van der Waals surface area contributed by atoms with E-state index in [1.54, 1.807) is 0 Å². The van der Waals surface area contributed by atoms with Gasteiger partial charge in [0.05, 0.1) is 0 Å². The van der Waals surface area contributed by atoms with E-state index in [1.807, 2.05) is 0 Å². The van der Waals surface area contributed by atoms with Gasteiger partial charge in [-0.15, -0.1) is 0 Å². The number of fused-ring (bicyclic) bond motifs is 2. The number of benzene rings is 2. The molecule has 0 aliphatic heterocycles. The van der Waals surface area contributed by atoms with E-state index in [4.69, 9.17) is 25.9 Å². The van der Waals surface area contributed by atoms with Gasteiger partial charge in [0, 0.05) is 18.4 Å². The Kier molecular flexibility index (Phi) is 15.0. The summed E-state index contributed by atoms with van der Waals surface area (Å²) in [4.78, 5) is 0. The van der Waals surface area contributed by atoms with Crippen molar-refractivity contribution < 1.29 is 29.7 Å². The Morgan fingerprint density at radius 3 is 1.57 bits per heavy atom. The molecule has 2 aromatic rings. The van der Waals surface area contributed by atoms with Crippen LogP contribution in [0.1, 0.15) is 88.5 Å². The molecular formula is C35H51Cl2O2Si2Zr-. The molecule has 0 N–H and O–H groups in total. The van der Waals surface area contributed by atoms with E-state index in [2.05, 4.69) is 121 Å². The second-order valence-electron chi connectivity index (χ2n) is 11.8. The monoisotopic (exact) mass is 719 g/mol. The molecule has 2 unspecified atom stereocenters. The third-order valence-corrected chi connectivity index (χ3v) is 19.7. The molecule has 0 radical (unpaired) electrons. The Balaban J connectivity index is 0.00000155. The van der Waals surface area contributed by atoms with Crippen LogP contribution in [0.2, 0.25) is 36.3 Å². The van der Waals surface area contributed by atoms with Gasteiger partial charge in [-0.3, -0.25) is 0 Å². The molecule has 230 valence electrons. The molecule has 2 aliphatic carbocycles. The molecule has 2 nitrogen and oxygen atoms in total. The first-order chi connectivity index (χ1) is 20.4. The van der Waals surface area contributed by atoms with Crippen molar-refractivity contribution in [3.8, 4) is 0 Å². The van der Waals surface area contributed by atoms with Gasteiger partial charge in [0.25, 0.3) is 0 Å². The topological polar surface area (TPSA) is 18.5 Å². The summed E-state index contributed by atoms with van der Waals surface area (Å²) in [7, 11) is 6.44. The molecule has 42 heavy (non-hydrogen) atoms. The Morgan fingerprint density at radius 1 is 0.714 bits per heavy atom. The van der Waals surface area contributed by atoms with Crippen LogP contribution in [0.5, 0.6) is 0 Å². The van der Waals surface area contributed by atoms with Gasteiger partial charge in [0.2, 0.25) is 0 Å². The molecule has 0 saturated heterocycles. The van der Waals surface area contributed by atoms with Gasteiger partial charge < -0.3 is 8.85 Å². The van der Waals surface area contributed by atoms with E-state index in [0.29, 0.717) is 11.8 Å². The molecule has 0 aromatic heterocycles. The van der Waals surface area contributed by atoms with Crippen LogP contribution in [0.25, 0.3) is 12.2 Å². The SMILES string of the molecule is CC[Si](CC)(CC)O[CH-]CC(CCO[Si](CC)(CC)CC)(C1C=Cc2ccccc21)C1C=Cc2ccccc21.[Cl][Zr][Cl]. The Labute approximate surface area is 277 Å². The summed E-state index contributed by atoms with van der Waals surface area (Å²) in [5.74, 6) is 0.639. The molecule has 2 aliphatic rings. The molecule has 0 fully saturated rings. The molecule has 2 atom stereocenters. The zero-order valence-electron chi connectivity index (χ0n) is 26.6. The molecule has 0 amide bonds. The van der Waals surface area contributed by atoms with Crippen LogP contribution < -0.4 is 0 Å². The Bertz CT molecular complexity index is 1060. The van der Waals surface area contributed by atoms with E-state index in [-0.39, 0.29) is 5.41 Å². The first-order valence-electron chi connectivity index (χ1n) is 16.0. The van der Waals surface area contributed by atoms with Crippen molar-refractivity contribution in [2.24, 2.45) is 5.41 Å². The van der Waals surface area contributed by atoms with Gasteiger partial charge in [-0.25, -0.2) is 6.61 Å². The first-order valence-corrected chi connectivity index (χ1v) is 27.4. The van der Waals surface area contributed by atoms with Gasteiger partial charge in [0.1, 0.15) is 0 Å². The zero-order valence-corrected chi connectivity index (χ0v) is 32.6. The Morgan fingerprint density at radius 2 is 1.14 bits per heavy atom. The van der Waals surface area contributed by atoms with Crippen LogP contribution in [-0.2, 0) is 29.7 Å². The van der Waals surface area contributed by atoms with Crippen molar-refractivity contribution in [3.05, 3.63) is 89.5 Å². The van der Waals surface area contributed by atoms with Gasteiger partial charge in [-0.1, -0.05) is 114 Å². The van der Waals surface area contributed by atoms with E-state index in [1.165, 1.54) is 58.5 Å². The molecule has 0 bridgehead atoms. The van der Waals surface area contributed by atoms with Crippen LogP contribution in [-0.4, -0.2) is 23.2 Å². The predicted molar refractivity (Wildman–Crippen MR) is 186 cm³/mol. The number of hydrogen-bond acceptors (Lipinski definition) is 2. The molecule has 4 rings (SSSR count). The van der Waals surface area contributed by atoms with Crippen molar-refractivity contribution >= 4 is 45.8 Å². The summed E-state index contributed by atoms with van der Waals surface area (Å²) in [5, 5.41) is 0. The van der Waals surface area contributed by atoms with Gasteiger partial charge in [-0.2, -0.15) is 6.42 Å². The summed E-state index contributed by atoms with van der Waals surface area (Å²) in [6, 6.07) is 25.1. The molecular weight excluding hydrogens is 671 g/mol. The molecule has 2 aromatic carbocycles. The fraction of sp³-hybridized carbons (Fsp3) is 0.514. The minimum atomic E-state index is -1.73. The summed E-state index contributed by atoms with van der Waals surface area (Å²) in [6.07, 6.45) is 11.6. The molecule has 0 saturated carbocycles. The molecule has 7 heteroatoms. The second kappa shape index (κ2) is 17.4. The van der Waals surface area contributed by atoms with Crippen molar-refractivity contribution in [3.63, 3.8) is 0 Å². The number of hydrogen-bond donors (Lipinski definition) is 0. The fourth-order valence-electron chi connectivity index (χ4n) is 7.25. The first kappa shape index (κ1) is 36.2. The van der Waals surface area contributed by atoms with Crippen LogP contribution in [0.15, 0.2) is 60.7 Å². The van der Waals surface area contributed by atoms with E-state index in [9.17, 15) is 0 Å². The van der Waals surface area contributed by atoms with Gasteiger partial charge in [0.15, 0.2) is 16.6 Å². The molecule has 0 heterocycles. The third-order valence-electron chi connectivity index (χ3n) is 10.5. The van der Waals surface area contributed by atoms with Crippen LogP contribution in [0.4, 0.5) is 0 Å². The number of allylic oxidation sites excluding steroid dienone is 2. The summed E-state index contributed by atoms with van der Waals surface area (Å²) >= 11 is -0.826. The normalized spacial score (nSPS) is 18.7. The van der Waals surface area contributed by atoms with Gasteiger partial charge >= 0.3 is 37.9 Å². The fourth-order valence-corrected chi connectivity index (χ4v) is 12.3. The summed E-state index contributed by atoms with van der Waals surface area (Å²) in [5.41, 5.74) is 5.58. The van der Waals surface area contributed by atoms with Crippen molar-refractivity contribution in [1.29, 1.82) is 0 Å². The Hall–Kier alpha value is -0.263. The quantitative estimate of drug-likeness (QED) is 0.127. The number of rotatable bonds is 16. The van der Waals surface area contributed by atoms with Gasteiger partial charge in [-0.05, 0) is 70.4 Å². The average molecular weight is 722 g/mol. The standard InChI is InChI=1S/C35H51O2Si2.2ClH.Zr/c1-7-38(8-2,9-3)36-27-25-35(26-28-37-39(10-4,11-5)12-6,33-23-21-29-17-13-15-19-31(29)33)34-24-22-30-18-14-16-20-32(30)34;;;/h13-24,27,33-34H,7-12,25-26,28H2,1-6H3;2*1H;/q-1;;;+2/p-2. The molecule has 0 spiro atoms. The van der Waals surface area contributed by atoms with Crippen LogP contribution in [0.3, 0.4) is 0 Å². The van der Waals surface area contributed by atoms with Crippen LogP contribution >= 0.6 is 17.0 Å². The third kappa shape index (κ3) is 8.11. The van der Waals surface area contributed by atoms with Crippen molar-refractivity contribution in [2.75, 3.05) is 6.61 Å². The van der Waals surface area contributed by atoms with E-state index < -0.39 is 37.5 Å². The van der Waals surface area contributed by atoms with E-state index in [0.717, 1.165) is 19.4 Å². The van der Waals surface area contributed by atoms with Crippen LogP contribution in [0, 0.1) is 12.0 Å². The summed E-state index contributed by atoms with van der Waals surface area (Å²) < 4.78 is 13.9. The van der Waals surface area contributed by atoms with Crippen molar-refractivity contribution in [1.82, 2.24) is 0 Å². The minimum absolute atomic E-state index is 0.0586. The predicted octanol–water partition coefficient (Wildman–Crippen LogP) is 12.0. The van der Waals surface area contributed by atoms with Crippen molar-refractivity contribution in [2.45, 2.75) is 102 Å². The summed E-state index contributed by atoms with van der Waals surface area (Å²) in [6.45, 7) is 17.1. The number of halogens is 2. The van der Waals surface area contributed by atoms with E-state index >= 15 is 0 Å².